The number of rotatable bonds is 4. The second kappa shape index (κ2) is 6.20. The molecule has 106 valence electrons. The highest BCUT2D eigenvalue weighted by Gasteiger charge is 2.13. The second-order valence-electron chi connectivity index (χ2n) is 4.57. The lowest BCUT2D eigenvalue weighted by molar-refractivity contribution is 0.462. The molecule has 0 saturated carbocycles. The molecule has 1 atom stereocenters. The first-order chi connectivity index (χ1) is 9.47. The number of hydrogen-bond acceptors (Lipinski definition) is 2. The van der Waals surface area contributed by atoms with E-state index in [1.807, 2.05) is 0 Å². The average Bonchev–Trinajstić information content (AvgIpc) is 2.36. The van der Waals surface area contributed by atoms with Gasteiger partial charge < -0.3 is 10.5 Å². The van der Waals surface area contributed by atoms with Gasteiger partial charge in [-0.15, -0.1) is 0 Å². The fourth-order valence-corrected chi connectivity index (χ4v) is 2.04. The minimum Gasteiger partial charge on any atom is -0.455 e. The lowest BCUT2D eigenvalue weighted by Crippen LogP contribution is -2.19. The maximum Gasteiger partial charge on any atom is 0.146 e. The van der Waals surface area contributed by atoms with Crippen LogP contribution in [-0.4, -0.2) is 6.04 Å². The molecule has 0 bridgehead atoms. The Hall–Kier alpha value is -1.65. The number of benzene rings is 2. The molecule has 0 radical (unpaired) electrons. The molecule has 0 aliphatic rings. The van der Waals surface area contributed by atoms with Gasteiger partial charge >= 0.3 is 0 Å². The van der Waals surface area contributed by atoms with Gasteiger partial charge in [0.25, 0.3) is 0 Å². The standard InChI is InChI=1S/C15H14ClF2NO/c1-9(19)7-11-13(18)3-2-4-14(11)20-15-6-5-10(17)8-12(15)16/h2-6,8-9H,7,19H2,1H3. The lowest BCUT2D eigenvalue weighted by atomic mass is 10.1. The second-order valence-corrected chi connectivity index (χ2v) is 4.98. The van der Waals surface area contributed by atoms with Gasteiger partial charge in [0.1, 0.15) is 23.1 Å². The molecule has 2 rings (SSSR count). The molecule has 0 amide bonds. The van der Waals surface area contributed by atoms with Crippen molar-refractivity contribution in [2.24, 2.45) is 5.73 Å². The van der Waals surface area contributed by atoms with Crippen LogP contribution in [0.25, 0.3) is 0 Å². The van der Waals surface area contributed by atoms with Crippen LogP contribution in [0.4, 0.5) is 8.78 Å². The monoisotopic (exact) mass is 297 g/mol. The SMILES string of the molecule is CC(N)Cc1c(F)cccc1Oc1ccc(F)cc1Cl. The third-order valence-corrected chi connectivity index (χ3v) is 3.01. The van der Waals surface area contributed by atoms with Gasteiger partial charge in [0.2, 0.25) is 0 Å². The lowest BCUT2D eigenvalue weighted by Gasteiger charge is -2.14. The molecule has 0 fully saturated rings. The summed E-state index contributed by atoms with van der Waals surface area (Å²) in [5.74, 6) is -0.254. The van der Waals surface area contributed by atoms with Crippen molar-refractivity contribution in [3.05, 3.63) is 58.6 Å². The summed E-state index contributed by atoms with van der Waals surface area (Å²) < 4.78 is 32.4. The van der Waals surface area contributed by atoms with E-state index in [9.17, 15) is 8.78 Å². The van der Waals surface area contributed by atoms with Crippen molar-refractivity contribution in [3.63, 3.8) is 0 Å². The Balaban J connectivity index is 2.35. The first-order valence-electron chi connectivity index (χ1n) is 6.13. The molecule has 0 aromatic heterocycles. The predicted octanol–water partition coefficient (Wildman–Crippen LogP) is 4.30. The Morgan fingerprint density at radius 2 is 1.95 bits per heavy atom. The molecule has 0 spiro atoms. The fourth-order valence-electron chi connectivity index (χ4n) is 1.83. The third-order valence-electron chi connectivity index (χ3n) is 2.72. The highest BCUT2D eigenvalue weighted by atomic mass is 35.5. The maximum atomic E-state index is 13.8. The zero-order chi connectivity index (χ0) is 14.7. The van der Waals surface area contributed by atoms with E-state index in [0.29, 0.717) is 17.7 Å². The molecule has 2 aromatic carbocycles. The van der Waals surface area contributed by atoms with Gasteiger partial charge in [-0.2, -0.15) is 0 Å². The summed E-state index contributed by atoms with van der Waals surface area (Å²) in [5.41, 5.74) is 6.09. The van der Waals surface area contributed by atoms with Crippen molar-refractivity contribution in [1.82, 2.24) is 0 Å². The summed E-state index contributed by atoms with van der Waals surface area (Å²) in [7, 11) is 0. The zero-order valence-electron chi connectivity index (χ0n) is 10.9. The molecule has 5 heteroatoms. The van der Waals surface area contributed by atoms with E-state index >= 15 is 0 Å². The van der Waals surface area contributed by atoms with Gasteiger partial charge in [-0.25, -0.2) is 8.78 Å². The van der Waals surface area contributed by atoms with Crippen LogP contribution in [0.15, 0.2) is 36.4 Å². The van der Waals surface area contributed by atoms with Gasteiger partial charge in [0.05, 0.1) is 5.02 Å². The number of ether oxygens (including phenoxy) is 1. The molecule has 0 heterocycles. The first-order valence-corrected chi connectivity index (χ1v) is 6.51. The number of nitrogens with two attached hydrogens (primary N) is 1. The smallest absolute Gasteiger partial charge is 0.146 e. The van der Waals surface area contributed by atoms with Crippen molar-refractivity contribution in [2.75, 3.05) is 0 Å². The van der Waals surface area contributed by atoms with Gasteiger partial charge in [-0.05, 0) is 43.7 Å². The number of halogens is 3. The van der Waals surface area contributed by atoms with E-state index in [1.165, 1.54) is 24.3 Å². The minimum atomic E-state index is -0.461. The summed E-state index contributed by atoms with van der Waals surface area (Å²) in [6.45, 7) is 1.78. The largest absolute Gasteiger partial charge is 0.455 e. The van der Waals surface area contributed by atoms with Crippen LogP contribution >= 0.6 is 11.6 Å². The molecule has 2 nitrogen and oxygen atoms in total. The van der Waals surface area contributed by atoms with Crippen molar-refractivity contribution in [2.45, 2.75) is 19.4 Å². The highest BCUT2D eigenvalue weighted by Crippen LogP contribution is 2.33. The fraction of sp³-hybridized carbons (Fsp3) is 0.200. The Morgan fingerprint density at radius 3 is 2.60 bits per heavy atom. The van der Waals surface area contributed by atoms with E-state index in [2.05, 4.69) is 0 Å². The summed E-state index contributed by atoms with van der Waals surface area (Å²) in [5, 5.41) is 0.126. The molecule has 20 heavy (non-hydrogen) atoms. The maximum absolute atomic E-state index is 13.8. The number of hydrogen-bond donors (Lipinski definition) is 1. The molecule has 2 N–H and O–H groups in total. The van der Waals surface area contributed by atoms with Gasteiger partial charge in [0, 0.05) is 11.6 Å². The van der Waals surface area contributed by atoms with E-state index in [0.717, 1.165) is 6.07 Å². The van der Waals surface area contributed by atoms with Crippen LogP contribution in [-0.2, 0) is 6.42 Å². The van der Waals surface area contributed by atoms with Crippen LogP contribution in [0.2, 0.25) is 5.02 Å². The Kier molecular flexibility index (Phi) is 4.57. The molecule has 1 unspecified atom stereocenters. The van der Waals surface area contributed by atoms with Crippen LogP contribution in [0.5, 0.6) is 11.5 Å². The van der Waals surface area contributed by atoms with Crippen molar-refractivity contribution >= 4 is 11.6 Å². The quantitative estimate of drug-likeness (QED) is 0.913. The Morgan fingerprint density at radius 1 is 1.20 bits per heavy atom. The van der Waals surface area contributed by atoms with E-state index < -0.39 is 11.6 Å². The van der Waals surface area contributed by atoms with Crippen molar-refractivity contribution in [1.29, 1.82) is 0 Å². The molecule has 0 aliphatic carbocycles. The van der Waals surface area contributed by atoms with Gasteiger partial charge in [-0.3, -0.25) is 0 Å². The van der Waals surface area contributed by atoms with Crippen molar-refractivity contribution < 1.29 is 13.5 Å². The van der Waals surface area contributed by atoms with E-state index in [1.54, 1.807) is 13.0 Å². The topological polar surface area (TPSA) is 35.2 Å². The van der Waals surface area contributed by atoms with Crippen molar-refractivity contribution in [3.8, 4) is 11.5 Å². The average molecular weight is 298 g/mol. The van der Waals surface area contributed by atoms with Crippen LogP contribution in [0.3, 0.4) is 0 Å². The Bertz CT molecular complexity index is 617. The molecular weight excluding hydrogens is 284 g/mol. The summed E-state index contributed by atoms with van der Waals surface area (Å²) in [6.07, 6.45) is 0.334. The first kappa shape index (κ1) is 14.8. The summed E-state index contributed by atoms with van der Waals surface area (Å²) in [4.78, 5) is 0. The minimum absolute atomic E-state index is 0.126. The van der Waals surface area contributed by atoms with Gasteiger partial charge in [-0.1, -0.05) is 17.7 Å². The Labute approximate surface area is 121 Å². The van der Waals surface area contributed by atoms with Crippen LogP contribution in [0, 0.1) is 11.6 Å². The zero-order valence-corrected chi connectivity index (χ0v) is 11.6. The van der Waals surface area contributed by atoms with Crippen LogP contribution < -0.4 is 10.5 Å². The highest BCUT2D eigenvalue weighted by molar-refractivity contribution is 6.32. The molecular formula is C15H14ClF2NO. The summed E-state index contributed by atoms with van der Waals surface area (Å²) in [6, 6.07) is 8.06. The molecule has 0 saturated heterocycles. The van der Waals surface area contributed by atoms with E-state index in [-0.39, 0.29) is 16.8 Å². The van der Waals surface area contributed by atoms with Gasteiger partial charge in [0.15, 0.2) is 0 Å². The summed E-state index contributed by atoms with van der Waals surface area (Å²) >= 11 is 5.89. The molecule has 0 aliphatic heterocycles. The molecule has 2 aromatic rings. The van der Waals surface area contributed by atoms with Crippen LogP contribution in [0.1, 0.15) is 12.5 Å². The predicted molar refractivity (Wildman–Crippen MR) is 75.2 cm³/mol. The third kappa shape index (κ3) is 3.46. The van der Waals surface area contributed by atoms with E-state index in [4.69, 9.17) is 22.1 Å². The normalized spacial score (nSPS) is 12.2.